The standard InChI is InChI=1S/C21H19NO8S/c1-3-28-21(25)19-18(15-6-4-5-7-16(15)30-19)22-17(23)12-29-20(24)13-8-10-14(11-9-13)31(2,26)27/h4-11H,3,12H2,1-2H3,(H,22,23). The van der Waals surface area contributed by atoms with Gasteiger partial charge in [0.2, 0.25) is 5.76 Å². The Bertz CT molecular complexity index is 1240. The lowest BCUT2D eigenvalue weighted by Gasteiger charge is -2.07. The van der Waals surface area contributed by atoms with E-state index < -0.39 is 34.3 Å². The summed E-state index contributed by atoms with van der Waals surface area (Å²) in [5, 5.41) is 3.01. The van der Waals surface area contributed by atoms with E-state index in [1.165, 1.54) is 24.3 Å². The smallest absolute Gasteiger partial charge is 0.376 e. The number of esters is 2. The van der Waals surface area contributed by atoms with Crippen molar-refractivity contribution < 1.29 is 36.7 Å². The molecule has 9 nitrogen and oxygen atoms in total. The maximum absolute atomic E-state index is 12.3. The number of amides is 1. The molecule has 0 aliphatic carbocycles. The van der Waals surface area contributed by atoms with Crippen molar-refractivity contribution in [1.29, 1.82) is 0 Å². The zero-order valence-electron chi connectivity index (χ0n) is 16.7. The number of para-hydroxylation sites is 1. The number of ether oxygens (including phenoxy) is 2. The van der Waals surface area contributed by atoms with E-state index in [0.717, 1.165) is 6.26 Å². The second-order valence-corrected chi connectivity index (χ2v) is 8.46. The predicted molar refractivity (Wildman–Crippen MR) is 111 cm³/mol. The predicted octanol–water partition coefficient (Wildman–Crippen LogP) is 2.81. The fourth-order valence-corrected chi connectivity index (χ4v) is 3.37. The number of anilines is 1. The fourth-order valence-electron chi connectivity index (χ4n) is 2.74. The number of rotatable bonds is 7. The van der Waals surface area contributed by atoms with Crippen molar-refractivity contribution in [3.05, 3.63) is 59.9 Å². The molecule has 0 bridgehead atoms. The molecule has 0 fully saturated rings. The number of nitrogens with one attached hydrogen (secondary N) is 1. The van der Waals surface area contributed by atoms with Crippen molar-refractivity contribution >= 4 is 44.3 Å². The lowest BCUT2D eigenvalue weighted by molar-refractivity contribution is -0.119. The quantitative estimate of drug-likeness (QED) is 0.550. The molecule has 1 aromatic heterocycles. The van der Waals surface area contributed by atoms with E-state index in [-0.39, 0.29) is 28.5 Å². The molecule has 0 saturated heterocycles. The van der Waals surface area contributed by atoms with Gasteiger partial charge in [-0.2, -0.15) is 0 Å². The molecule has 1 heterocycles. The van der Waals surface area contributed by atoms with Gasteiger partial charge in [-0.3, -0.25) is 4.79 Å². The van der Waals surface area contributed by atoms with Crippen molar-refractivity contribution in [1.82, 2.24) is 0 Å². The summed E-state index contributed by atoms with van der Waals surface area (Å²) < 4.78 is 38.4. The summed E-state index contributed by atoms with van der Waals surface area (Å²) >= 11 is 0. The monoisotopic (exact) mass is 445 g/mol. The van der Waals surface area contributed by atoms with E-state index in [2.05, 4.69) is 5.32 Å². The van der Waals surface area contributed by atoms with Gasteiger partial charge in [-0.1, -0.05) is 12.1 Å². The SMILES string of the molecule is CCOC(=O)c1oc2ccccc2c1NC(=O)COC(=O)c1ccc(S(C)(=O)=O)cc1. The Morgan fingerprint density at radius 1 is 0.968 bits per heavy atom. The summed E-state index contributed by atoms with van der Waals surface area (Å²) in [6, 6.07) is 11.8. The number of carbonyl (C=O) groups is 3. The Labute approximate surface area is 177 Å². The van der Waals surface area contributed by atoms with Gasteiger partial charge in [0.1, 0.15) is 11.3 Å². The molecule has 0 radical (unpaired) electrons. The Hall–Kier alpha value is -3.66. The van der Waals surface area contributed by atoms with Gasteiger partial charge in [0, 0.05) is 11.6 Å². The second kappa shape index (κ2) is 9.00. The highest BCUT2D eigenvalue weighted by molar-refractivity contribution is 7.90. The highest BCUT2D eigenvalue weighted by atomic mass is 32.2. The Morgan fingerprint density at radius 3 is 2.29 bits per heavy atom. The third kappa shape index (κ3) is 5.10. The van der Waals surface area contributed by atoms with Gasteiger partial charge in [0.15, 0.2) is 16.4 Å². The molecule has 31 heavy (non-hydrogen) atoms. The van der Waals surface area contributed by atoms with Crippen LogP contribution >= 0.6 is 0 Å². The maximum Gasteiger partial charge on any atom is 0.376 e. The van der Waals surface area contributed by atoms with Crippen LogP contribution in [0.2, 0.25) is 0 Å². The van der Waals surface area contributed by atoms with Crippen LogP contribution in [0.25, 0.3) is 11.0 Å². The molecule has 1 amide bonds. The molecule has 0 aliphatic heterocycles. The zero-order valence-corrected chi connectivity index (χ0v) is 17.5. The molecule has 162 valence electrons. The van der Waals surface area contributed by atoms with Crippen LogP contribution in [0.15, 0.2) is 57.8 Å². The van der Waals surface area contributed by atoms with E-state index in [1.807, 2.05) is 0 Å². The van der Waals surface area contributed by atoms with Gasteiger partial charge in [-0.05, 0) is 43.3 Å². The highest BCUT2D eigenvalue weighted by Crippen LogP contribution is 2.31. The van der Waals surface area contributed by atoms with E-state index in [4.69, 9.17) is 13.9 Å². The molecule has 2 aromatic carbocycles. The van der Waals surface area contributed by atoms with Crippen LogP contribution in [-0.2, 0) is 24.1 Å². The summed E-state index contributed by atoms with van der Waals surface area (Å²) in [4.78, 5) is 36.7. The lowest BCUT2D eigenvalue weighted by atomic mass is 10.2. The van der Waals surface area contributed by atoms with Crippen molar-refractivity contribution in [2.75, 3.05) is 24.8 Å². The Morgan fingerprint density at radius 2 is 1.65 bits per heavy atom. The van der Waals surface area contributed by atoms with E-state index in [1.54, 1.807) is 31.2 Å². The van der Waals surface area contributed by atoms with Crippen LogP contribution in [0, 0.1) is 0 Å². The van der Waals surface area contributed by atoms with Crippen molar-refractivity contribution in [3.8, 4) is 0 Å². The zero-order chi connectivity index (χ0) is 22.6. The molecule has 0 spiro atoms. The molecule has 0 saturated carbocycles. The van der Waals surface area contributed by atoms with E-state index in [0.29, 0.717) is 11.0 Å². The number of hydrogen-bond acceptors (Lipinski definition) is 8. The maximum atomic E-state index is 12.3. The van der Waals surface area contributed by atoms with Gasteiger partial charge in [-0.15, -0.1) is 0 Å². The largest absolute Gasteiger partial charge is 0.460 e. The van der Waals surface area contributed by atoms with E-state index in [9.17, 15) is 22.8 Å². The number of carbonyl (C=O) groups excluding carboxylic acids is 3. The van der Waals surface area contributed by atoms with Gasteiger partial charge >= 0.3 is 11.9 Å². The van der Waals surface area contributed by atoms with Crippen molar-refractivity contribution in [3.63, 3.8) is 0 Å². The summed E-state index contributed by atoms with van der Waals surface area (Å²) in [5.41, 5.74) is 0.581. The summed E-state index contributed by atoms with van der Waals surface area (Å²) in [6.45, 7) is 1.13. The van der Waals surface area contributed by atoms with Crippen LogP contribution in [-0.4, -0.2) is 45.7 Å². The second-order valence-electron chi connectivity index (χ2n) is 6.44. The van der Waals surface area contributed by atoms with Gasteiger partial charge < -0.3 is 19.2 Å². The minimum atomic E-state index is -3.40. The molecular weight excluding hydrogens is 426 g/mol. The first-order valence-corrected chi connectivity index (χ1v) is 11.1. The number of hydrogen-bond donors (Lipinski definition) is 1. The minimum Gasteiger partial charge on any atom is -0.460 e. The first-order valence-electron chi connectivity index (χ1n) is 9.16. The van der Waals surface area contributed by atoms with Gasteiger partial charge in [0.05, 0.1) is 17.1 Å². The first kappa shape index (κ1) is 22.0. The number of furan rings is 1. The Kier molecular flexibility index (Phi) is 6.40. The lowest BCUT2D eigenvalue weighted by Crippen LogP contribution is -2.22. The van der Waals surface area contributed by atoms with Gasteiger partial charge in [0.25, 0.3) is 5.91 Å². The third-order valence-electron chi connectivity index (χ3n) is 4.17. The van der Waals surface area contributed by atoms with Crippen LogP contribution in [0.3, 0.4) is 0 Å². The molecule has 10 heteroatoms. The number of sulfone groups is 1. The number of fused-ring (bicyclic) bond motifs is 1. The molecule has 0 unspecified atom stereocenters. The van der Waals surface area contributed by atoms with Crippen LogP contribution < -0.4 is 5.32 Å². The molecule has 3 aromatic rings. The first-order chi connectivity index (χ1) is 14.7. The number of benzene rings is 2. The topological polar surface area (TPSA) is 129 Å². The fraction of sp³-hybridized carbons (Fsp3) is 0.190. The van der Waals surface area contributed by atoms with Crippen LogP contribution in [0.4, 0.5) is 5.69 Å². The molecule has 1 N–H and O–H groups in total. The molecular formula is C21H19NO8S. The average molecular weight is 445 g/mol. The van der Waals surface area contributed by atoms with E-state index >= 15 is 0 Å². The van der Waals surface area contributed by atoms with Gasteiger partial charge in [-0.25, -0.2) is 18.0 Å². The average Bonchev–Trinajstić information content (AvgIpc) is 3.10. The summed E-state index contributed by atoms with van der Waals surface area (Å²) in [7, 11) is -3.40. The molecule has 0 aliphatic rings. The van der Waals surface area contributed by atoms with Crippen molar-refractivity contribution in [2.45, 2.75) is 11.8 Å². The van der Waals surface area contributed by atoms with Crippen LogP contribution in [0.1, 0.15) is 27.8 Å². The third-order valence-corrected chi connectivity index (χ3v) is 5.30. The summed E-state index contributed by atoms with van der Waals surface area (Å²) in [5.74, 6) is -2.41. The molecule has 3 rings (SSSR count). The molecule has 0 atom stereocenters. The highest BCUT2D eigenvalue weighted by Gasteiger charge is 2.23. The summed E-state index contributed by atoms with van der Waals surface area (Å²) in [6.07, 6.45) is 1.05. The minimum absolute atomic E-state index is 0.0557. The van der Waals surface area contributed by atoms with Crippen LogP contribution in [0.5, 0.6) is 0 Å². The van der Waals surface area contributed by atoms with Crippen molar-refractivity contribution in [2.24, 2.45) is 0 Å². The normalized spacial score (nSPS) is 11.2. The Balaban J connectivity index is 1.71.